The zero-order chi connectivity index (χ0) is 15.6. The lowest BCUT2D eigenvalue weighted by Gasteiger charge is -2.12. The summed E-state index contributed by atoms with van der Waals surface area (Å²) in [5, 5.41) is 17.2. The molecule has 0 aliphatic rings. The number of nitro benzene ring substituents is 1. The van der Waals surface area contributed by atoms with Crippen LogP contribution in [-0.4, -0.2) is 23.5 Å². The molecular formula is C12H14N4O4S. The first-order chi connectivity index (χ1) is 9.81. The Kier molecular flexibility index (Phi) is 4.05. The van der Waals surface area contributed by atoms with Crippen LogP contribution in [-0.2, 0) is 10.0 Å². The first-order valence-electron chi connectivity index (χ1n) is 6.07. The van der Waals surface area contributed by atoms with Crippen LogP contribution >= 0.6 is 0 Å². The van der Waals surface area contributed by atoms with E-state index in [4.69, 9.17) is 0 Å². The van der Waals surface area contributed by atoms with Gasteiger partial charge in [-0.1, -0.05) is 6.07 Å². The van der Waals surface area contributed by atoms with E-state index in [2.05, 4.69) is 14.9 Å². The topological polar surface area (TPSA) is 118 Å². The highest BCUT2D eigenvalue weighted by molar-refractivity contribution is 7.89. The first-order valence-corrected chi connectivity index (χ1v) is 7.55. The highest BCUT2D eigenvalue weighted by Crippen LogP contribution is 2.23. The van der Waals surface area contributed by atoms with Gasteiger partial charge in [0.15, 0.2) is 0 Å². The van der Waals surface area contributed by atoms with Crippen molar-refractivity contribution in [1.82, 2.24) is 14.9 Å². The molecule has 112 valence electrons. The Morgan fingerprint density at radius 3 is 2.71 bits per heavy atom. The molecule has 0 aliphatic heterocycles. The smallest absolute Gasteiger partial charge is 0.273 e. The van der Waals surface area contributed by atoms with Crippen LogP contribution in [0.15, 0.2) is 35.5 Å². The minimum atomic E-state index is -3.85. The average molecular weight is 310 g/mol. The number of aromatic amines is 1. The molecule has 1 aromatic carbocycles. The Bertz CT molecular complexity index is 756. The van der Waals surface area contributed by atoms with E-state index >= 15 is 0 Å². The fourth-order valence-electron chi connectivity index (χ4n) is 1.82. The Balaban J connectivity index is 2.32. The monoisotopic (exact) mass is 310 g/mol. The zero-order valence-corrected chi connectivity index (χ0v) is 12.2. The van der Waals surface area contributed by atoms with Crippen molar-refractivity contribution >= 4 is 15.7 Å². The molecule has 2 N–H and O–H groups in total. The number of rotatable bonds is 5. The van der Waals surface area contributed by atoms with Crippen LogP contribution in [0.1, 0.15) is 24.1 Å². The van der Waals surface area contributed by atoms with Crippen LogP contribution in [0.25, 0.3) is 0 Å². The predicted molar refractivity (Wildman–Crippen MR) is 75.2 cm³/mol. The molecule has 0 bridgehead atoms. The van der Waals surface area contributed by atoms with Crippen LogP contribution in [0.5, 0.6) is 0 Å². The summed E-state index contributed by atoms with van der Waals surface area (Å²) in [6.45, 7) is 3.21. The van der Waals surface area contributed by atoms with Gasteiger partial charge in [0.1, 0.15) is 0 Å². The molecule has 0 saturated carbocycles. The van der Waals surface area contributed by atoms with E-state index < -0.39 is 21.0 Å². The Morgan fingerprint density at radius 1 is 1.43 bits per heavy atom. The molecule has 0 spiro atoms. The second-order valence-corrected chi connectivity index (χ2v) is 6.29. The van der Waals surface area contributed by atoms with Crippen molar-refractivity contribution < 1.29 is 13.3 Å². The second-order valence-electron chi connectivity index (χ2n) is 4.58. The summed E-state index contributed by atoms with van der Waals surface area (Å²) in [7, 11) is -3.85. The average Bonchev–Trinajstić information content (AvgIpc) is 2.92. The van der Waals surface area contributed by atoms with E-state index in [0.29, 0.717) is 11.1 Å². The molecule has 0 saturated heterocycles. The lowest BCUT2D eigenvalue weighted by Crippen LogP contribution is -2.26. The van der Waals surface area contributed by atoms with Crippen molar-refractivity contribution in [1.29, 1.82) is 0 Å². The van der Waals surface area contributed by atoms with E-state index in [9.17, 15) is 18.5 Å². The number of hydrogen-bond acceptors (Lipinski definition) is 5. The summed E-state index contributed by atoms with van der Waals surface area (Å²) in [4.78, 5) is 10.1. The summed E-state index contributed by atoms with van der Waals surface area (Å²) < 4.78 is 27.0. The Hall–Kier alpha value is -2.26. The summed E-state index contributed by atoms with van der Waals surface area (Å²) in [5.41, 5.74) is 0.843. The van der Waals surface area contributed by atoms with Crippen LogP contribution in [0.2, 0.25) is 0 Å². The third kappa shape index (κ3) is 3.26. The number of nitrogens with one attached hydrogen (secondary N) is 2. The molecule has 0 amide bonds. The molecule has 9 heteroatoms. The van der Waals surface area contributed by atoms with Crippen molar-refractivity contribution in [2.45, 2.75) is 24.8 Å². The van der Waals surface area contributed by atoms with Gasteiger partial charge in [0.2, 0.25) is 10.0 Å². The number of sulfonamides is 1. The van der Waals surface area contributed by atoms with Gasteiger partial charge in [-0.25, -0.2) is 13.1 Å². The molecule has 8 nitrogen and oxygen atoms in total. The van der Waals surface area contributed by atoms with Crippen LogP contribution in [0.4, 0.5) is 5.69 Å². The van der Waals surface area contributed by atoms with Crippen molar-refractivity contribution in [3.8, 4) is 0 Å². The van der Waals surface area contributed by atoms with Gasteiger partial charge in [-0.05, 0) is 19.9 Å². The minimum Gasteiger partial charge on any atom is -0.285 e. The van der Waals surface area contributed by atoms with Gasteiger partial charge >= 0.3 is 0 Å². The fraction of sp³-hybridized carbons (Fsp3) is 0.250. The van der Waals surface area contributed by atoms with Gasteiger partial charge in [-0.2, -0.15) is 5.10 Å². The van der Waals surface area contributed by atoms with Crippen molar-refractivity contribution in [2.24, 2.45) is 0 Å². The van der Waals surface area contributed by atoms with E-state index in [1.165, 1.54) is 18.3 Å². The van der Waals surface area contributed by atoms with Crippen LogP contribution < -0.4 is 4.72 Å². The normalized spacial score (nSPS) is 13.0. The summed E-state index contributed by atoms with van der Waals surface area (Å²) in [6.07, 6.45) is 3.08. The molecule has 0 radical (unpaired) electrons. The van der Waals surface area contributed by atoms with E-state index in [0.717, 1.165) is 6.07 Å². The quantitative estimate of drug-likeness (QED) is 0.643. The minimum absolute atomic E-state index is 0.143. The van der Waals surface area contributed by atoms with Gasteiger partial charge in [-0.3, -0.25) is 15.2 Å². The maximum Gasteiger partial charge on any atom is 0.273 e. The van der Waals surface area contributed by atoms with E-state index in [-0.39, 0.29) is 10.6 Å². The zero-order valence-electron chi connectivity index (χ0n) is 11.4. The SMILES string of the molecule is Cc1ccc(S(=O)(=O)NC(C)c2cn[nH]c2)cc1[N+](=O)[O-]. The number of hydrogen-bond donors (Lipinski definition) is 2. The largest absolute Gasteiger partial charge is 0.285 e. The number of nitro groups is 1. The van der Waals surface area contributed by atoms with Crippen LogP contribution in [0, 0.1) is 17.0 Å². The highest BCUT2D eigenvalue weighted by atomic mass is 32.2. The predicted octanol–water partition coefficient (Wildman–Crippen LogP) is 1.67. The standard InChI is InChI=1S/C12H14N4O4S/c1-8-3-4-11(5-12(8)16(17)18)21(19,20)15-9(2)10-6-13-14-7-10/h3-7,9,15H,1-2H3,(H,13,14). The molecule has 0 fully saturated rings. The maximum atomic E-state index is 12.3. The highest BCUT2D eigenvalue weighted by Gasteiger charge is 2.22. The van der Waals surface area contributed by atoms with Crippen molar-refractivity contribution in [3.05, 3.63) is 51.8 Å². The van der Waals surface area contributed by atoms with Gasteiger partial charge in [0.25, 0.3) is 5.69 Å². The van der Waals surface area contributed by atoms with E-state index in [1.807, 2.05) is 0 Å². The number of aromatic nitrogens is 2. The number of H-pyrrole nitrogens is 1. The Labute approximate surface area is 121 Å². The molecule has 1 unspecified atom stereocenters. The molecule has 1 aromatic heterocycles. The Morgan fingerprint density at radius 2 is 2.14 bits per heavy atom. The van der Waals surface area contributed by atoms with Crippen molar-refractivity contribution in [3.63, 3.8) is 0 Å². The molecule has 21 heavy (non-hydrogen) atoms. The maximum absolute atomic E-state index is 12.3. The lowest BCUT2D eigenvalue weighted by molar-refractivity contribution is -0.385. The van der Waals surface area contributed by atoms with Gasteiger partial charge < -0.3 is 0 Å². The number of aryl methyl sites for hydroxylation is 1. The lowest BCUT2D eigenvalue weighted by atomic mass is 10.2. The molecule has 2 rings (SSSR count). The third-order valence-electron chi connectivity index (χ3n) is 3.04. The van der Waals surface area contributed by atoms with Crippen LogP contribution in [0.3, 0.4) is 0 Å². The first kappa shape index (κ1) is 15.1. The summed E-state index contributed by atoms with van der Waals surface area (Å²) in [5.74, 6) is 0. The number of benzene rings is 1. The molecule has 1 atom stereocenters. The summed E-state index contributed by atoms with van der Waals surface area (Å²) in [6, 6.07) is 3.30. The molecule has 0 aliphatic carbocycles. The van der Waals surface area contributed by atoms with Gasteiger partial charge in [0, 0.05) is 29.4 Å². The summed E-state index contributed by atoms with van der Waals surface area (Å²) >= 11 is 0. The van der Waals surface area contributed by atoms with Gasteiger partial charge in [0.05, 0.1) is 16.0 Å². The van der Waals surface area contributed by atoms with Gasteiger partial charge in [-0.15, -0.1) is 0 Å². The third-order valence-corrected chi connectivity index (χ3v) is 4.58. The number of nitrogens with zero attached hydrogens (tertiary/aromatic N) is 2. The molecule has 1 heterocycles. The van der Waals surface area contributed by atoms with E-state index in [1.54, 1.807) is 20.0 Å². The second kappa shape index (κ2) is 5.62. The van der Waals surface area contributed by atoms with Crippen molar-refractivity contribution in [2.75, 3.05) is 0 Å². The molecular weight excluding hydrogens is 296 g/mol. The molecule has 2 aromatic rings. The fourth-order valence-corrected chi connectivity index (χ4v) is 3.07.